The summed E-state index contributed by atoms with van der Waals surface area (Å²) in [7, 11) is 0. The van der Waals surface area contributed by atoms with Gasteiger partial charge in [0, 0.05) is 23.9 Å². The van der Waals surface area contributed by atoms with Gasteiger partial charge in [0.15, 0.2) is 0 Å². The molecule has 0 radical (unpaired) electrons. The average Bonchev–Trinajstić information content (AvgIpc) is 3.14. The third kappa shape index (κ3) is 5.32. The number of benzene rings is 3. The maximum atomic E-state index is 12.7. The molecule has 1 saturated heterocycles. The first kappa shape index (κ1) is 22.0. The van der Waals surface area contributed by atoms with Crippen molar-refractivity contribution in [1.82, 2.24) is 4.90 Å². The van der Waals surface area contributed by atoms with Crippen LogP contribution in [0.1, 0.15) is 40.7 Å². The van der Waals surface area contributed by atoms with Gasteiger partial charge in [0.25, 0.3) is 5.91 Å². The monoisotopic (exact) mass is 446 g/mol. The Morgan fingerprint density at radius 3 is 2.53 bits per heavy atom. The predicted molar refractivity (Wildman–Crippen MR) is 129 cm³/mol. The number of ether oxygens (including phenoxy) is 1. The molecule has 1 aliphatic rings. The molecule has 0 aromatic heterocycles. The van der Waals surface area contributed by atoms with Gasteiger partial charge in [-0.3, -0.25) is 9.59 Å². The van der Waals surface area contributed by atoms with Crippen molar-refractivity contribution in [2.45, 2.75) is 31.9 Å². The summed E-state index contributed by atoms with van der Waals surface area (Å²) in [5.41, 5.74) is 3.37. The Morgan fingerprint density at radius 2 is 1.81 bits per heavy atom. The number of carbonyl (C=O) groups is 2. The Hall–Kier alpha value is -3.25. The minimum atomic E-state index is -0.186. The van der Waals surface area contributed by atoms with Gasteiger partial charge in [0.1, 0.15) is 11.1 Å². The summed E-state index contributed by atoms with van der Waals surface area (Å²) in [5, 5.41) is 2.87. The van der Waals surface area contributed by atoms with Gasteiger partial charge in [-0.05, 0) is 49.2 Å². The van der Waals surface area contributed by atoms with Crippen molar-refractivity contribution in [3.8, 4) is 5.75 Å². The lowest BCUT2D eigenvalue weighted by Gasteiger charge is -2.24. The number of carbonyl (C=O) groups excluding carboxylic acids is 2. The zero-order valence-corrected chi connectivity index (χ0v) is 19.0. The molecule has 2 amide bonds. The Bertz CT molecular complexity index is 1080. The molecule has 3 aromatic carbocycles. The molecule has 1 aliphatic heterocycles. The standard InChI is InChI=1S/C26H26N2O3S/c1-18(2)31-23-10-6-9-22(15-23)27-25(30)20-11-13-21(14-12-20)26-28(24(29)17-32-26)16-19-7-4-3-5-8-19/h3-15,18,26H,16-17H2,1-2H3,(H,27,30)/t26-/m1/s1. The van der Waals surface area contributed by atoms with Crippen LogP contribution >= 0.6 is 11.8 Å². The van der Waals surface area contributed by atoms with Crippen molar-refractivity contribution in [2.75, 3.05) is 11.1 Å². The van der Waals surface area contributed by atoms with E-state index in [1.807, 2.05) is 97.6 Å². The molecule has 0 unspecified atom stereocenters. The summed E-state index contributed by atoms with van der Waals surface area (Å²) < 4.78 is 5.69. The van der Waals surface area contributed by atoms with E-state index in [0.29, 0.717) is 23.5 Å². The molecule has 1 atom stereocenters. The van der Waals surface area contributed by atoms with E-state index in [9.17, 15) is 9.59 Å². The summed E-state index contributed by atoms with van der Waals surface area (Å²) in [6, 6.07) is 24.8. The first-order chi connectivity index (χ1) is 15.5. The van der Waals surface area contributed by atoms with E-state index in [1.165, 1.54) is 0 Å². The van der Waals surface area contributed by atoms with Gasteiger partial charge in [-0.2, -0.15) is 0 Å². The zero-order chi connectivity index (χ0) is 22.5. The Morgan fingerprint density at radius 1 is 1.06 bits per heavy atom. The molecule has 164 valence electrons. The SMILES string of the molecule is CC(C)Oc1cccc(NC(=O)c2ccc([C@H]3SCC(=O)N3Cc3ccccc3)cc2)c1. The molecule has 4 rings (SSSR count). The fourth-order valence-corrected chi connectivity index (χ4v) is 4.79. The maximum absolute atomic E-state index is 12.7. The summed E-state index contributed by atoms with van der Waals surface area (Å²) in [6.07, 6.45) is 0.0651. The van der Waals surface area contributed by atoms with Crippen molar-refractivity contribution >= 4 is 29.3 Å². The lowest BCUT2D eigenvalue weighted by Crippen LogP contribution is -2.27. The number of nitrogens with one attached hydrogen (secondary N) is 1. The fourth-order valence-electron chi connectivity index (χ4n) is 3.60. The van der Waals surface area contributed by atoms with Crippen LogP contribution in [0.2, 0.25) is 0 Å². The number of anilines is 1. The number of hydrogen-bond acceptors (Lipinski definition) is 4. The van der Waals surface area contributed by atoms with Crippen LogP contribution in [0.15, 0.2) is 78.9 Å². The molecule has 0 saturated carbocycles. The predicted octanol–water partition coefficient (Wildman–Crippen LogP) is 5.50. The summed E-state index contributed by atoms with van der Waals surface area (Å²) >= 11 is 1.62. The summed E-state index contributed by atoms with van der Waals surface area (Å²) in [4.78, 5) is 27.1. The second-order valence-electron chi connectivity index (χ2n) is 7.94. The van der Waals surface area contributed by atoms with Gasteiger partial charge in [0.05, 0.1) is 11.9 Å². The maximum Gasteiger partial charge on any atom is 0.255 e. The van der Waals surface area contributed by atoms with Crippen LogP contribution in [0, 0.1) is 0 Å². The number of thioether (sulfide) groups is 1. The molecule has 0 spiro atoms. The third-order valence-electron chi connectivity index (χ3n) is 5.09. The van der Waals surface area contributed by atoms with Crippen molar-refractivity contribution < 1.29 is 14.3 Å². The second kappa shape index (κ2) is 9.92. The Kier molecular flexibility index (Phi) is 6.81. The van der Waals surface area contributed by atoms with Gasteiger partial charge in [-0.25, -0.2) is 0 Å². The average molecular weight is 447 g/mol. The van der Waals surface area contributed by atoms with Gasteiger partial charge < -0.3 is 15.0 Å². The largest absolute Gasteiger partial charge is 0.491 e. The molecule has 1 fully saturated rings. The Labute approximate surface area is 192 Å². The van der Waals surface area contributed by atoms with Crippen LogP contribution in [-0.4, -0.2) is 28.6 Å². The smallest absolute Gasteiger partial charge is 0.255 e. The first-order valence-electron chi connectivity index (χ1n) is 10.6. The van der Waals surface area contributed by atoms with Crippen LogP contribution in [0.3, 0.4) is 0 Å². The van der Waals surface area contributed by atoms with Crippen LogP contribution < -0.4 is 10.1 Å². The lowest BCUT2D eigenvalue weighted by atomic mass is 10.1. The Balaban J connectivity index is 1.44. The highest BCUT2D eigenvalue weighted by atomic mass is 32.2. The number of amides is 2. The minimum Gasteiger partial charge on any atom is -0.491 e. The van der Waals surface area contributed by atoms with E-state index < -0.39 is 0 Å². The van der Waals surface area contributed by atoms with Crippen molar-refractivity contribution in [1.29, 1.82) is 0 Å². The molecule has 6 heteroatoms. The van der Waals surface area contributed by atoms with Gasteiger partial charge >= 0.3 is 0 Å². The molecule has 1 heterocycles. The van der Waals surface area contributed by atoms with Crippen LogP contribution in [0.5, 0.6) is 5.75 Å². The number of nitrogens with zero attached hydrogens (tertiary/aromatic N) is 1. The highest BCUT2D eigenvalue weighted by Crippen LogP contribution is 2.39. The topological polar surface area (TPSA) is 58.6 Å². The van der Waals surface area contributed by atoms with Crippen molar-refractivity contribution in [3.63, 3.8) is 0 Å². The number of hydrogen-bond donors (Lipinski definition) is 1. The van der Waals surface area contributed by atoms with E-state index >= 15 is 0 Å². The fraction of sp³-hybridized carbons (Fsp3) is 0.231. The zero-order valence-electron chi connectivity index (χ0n) is 18.2. The van der Waals surface area contributed by atoms with E-state index in [1.54, 1.807) is 11.8 Å². The summed E-state index contributed by atoms with van der Waals surface area (Å²) in [5.74, 6) is 1.13. The highest BCUT2D eigenvalue weighted by Gasteiger charge is 2.32. The highest BCUT2D eigenvalue weighted by molar-refractivity contribution is 8.00. The minimum absolute atomic E-state index is 0.0512. The van der Waals surface area contributed by atoms with Crippen LogP contribution in [0.4, 0.5) is 5.69 Å². The third-order valence-corrected chi connectivity index (χ3v) is 6.34. The van der Waals surface area contributed by atoms with Crippen LogP contribution in [-0.2, 0) is 11.3 Å². The summed E-state index contributed by atoms with van der Waals surface area (Å²) in [6.45, 7) is 4.50. The molecular weight excluding hydrogens is 420 g/mol. The van der Waals surface area contributed by atoms with E-state index in [-0.39, 0.29) is 23.3 Å². The van der Waals surface area contributed by atoms with Gasteiger partial charge in [-0.1, -0.05) is 48.5 Å². The van der Waals surface area contributed by atoms with Gasteiger partial charge in [-0.15, -0.1) is 11.8 Å². The molecule has 5 nitrogen and oxygen atoms in total. The molecule has 3 aromatic rings. The number of rotatable bonds is 7. The molecule has 1 N–H and O–H groups in total. The normalized spacial score (nSPS) is 15.8. The van der Waals surface area contributed by atoms with Gasteiger partial charge in [0.2, 0.25) is 5.91 Å². The lowest BCUT2D eigenvalue weighted by molar-refractivity contribution is -0.128. The molecule has 0 bridgehead atoms. The molecule has 0 aliphatic carbocycles. The second-order valence-corrected chi connectivity index (χ2v) is 9.01. The molecule has 32 heavy (non-hydrogen) atoms. The van der Waals surface area contributed by atoms with E-state index in [0.717, 1.165) is 16.9 Å². The van der Waals surface area contributed by atoms with Crippen molar-refractivity contribution in [3.05, 3.63) is 95.6 Å². The van der Waals surface area contributed by atoms with Crippen molar-refractivity contribution in [2.24, 2.45) is 0 Å². The first-order valence-corrected chi connectivity index (χ1v) is 11.7. The molecular formula is C26H26N2O3S. The van der Waals surface area contributed by atoms with E-state index in [2.05, 4.69) is 5.32 Å². The van der Waals surface area contributed by atoms with Crippen LogP contribution in [0.25, 0.3) is 0 Å². The van der Waals surface area contributed by atoms with E-state index in [4.69, 9.17) is 4.74 Å². The quantitative estimate of drug-likeness (QED) is 0.521.